The normalized spacial score (nSPS) is 18.9. The molecule has 0 aromatic carbocycles. The number of aliphatic hydroxyl groups is 1. The van der Waals surface area contributed by atoms with Crippen molar-refractivity contribution in [3.05, 3.63) is 17.2 Å². The minimum absolute atomic E-state index is 0.336. The van der Waals surface area contributed by atoms with Crippen molar-refractivity contribution in [2.45, 2.75) is 45.8 Å². The summed E-state index contributed by atoms with van der Waals surface area (Å²) >= 11 is 0. The molecule has 1 N–H and O–H groups in total. The number of nitrogens with zero attached hydrogens (tertiary/aromatic N) is 2. The summed E-state index contributed by atoms with van der Waals surface area (Å²) in [7, 11) is 0. The summed E-state index contributed by atoms with van der Waals surface area (Å²) in [5.74, 6) is 0.549. The fourth-order valence-electron chi connectivity index (χ4n) is 2.21. The number of aromatic nitrogens is 2. The molecule has 5 nitrogen and oxygen atoms in total. The number of aliphatic hydroxyl groups excluding tert-OH is 1. The molecule has 0 spiro atoms. The van der Waals surface area contributed by atoms with Gasteiger partial charge in [-0.25, -0.2) is 9.78 Å². The van der Waals surface area contributed by atoms with E-state index in [2.05, 4.69) is 4.98 Å². The fraction of sp³-hybridized carbons (Fsp3) is 0.667. The zero-order chi connectivity index (χ0) is 12.4. The Kier molecular flexibility index (Phi) is 3.47. The maximum Gasteiger partial charge on any atom is 0.356 e. The third-order valence-corrected chi connectivity index (χ3v) is 3.02. The van der Waals surface area contributed by atoms with Crippen LogP contribution < -0.4 is 0 Å². The number of esters is 1. The Morgan fingerprint density at radius 1 is 1.59 bits per heavy atom. The lowest BCUT2D eigenvalue weighted by molar-refractivity contribution is 0.0503. The number of fused-ring (bicyclic) bond motifs is 1. The number of imidazole rings is 1. The van der Waals surface area contributed by atoms with Gasteiger partial charge >= 0.3 is 5.97 Å². The van der Waals surface area contributed by atoms with Gasteiger partial charge in [0.15, 0.2) is 5.69 Å². The quantitative estimate of drug-likeness (QED) is 0.796. The molecule has 0 saturated heterocycles. The van der Waals surface area contributed by atoms with Gasteiger partial charge in [-0.05, 0) is 19.8 Å². The largest absolute Gasteiger partial charge is 0.461 e. The number of aryl methyl sites for hydroxylation is 2. The van der Waals surface area contributed by atoms with Crippen LogP contribution in [0.25, 0.3) is 0 Å². The molecular formula is C12H18N2O3. The van der Waals surface area contributed by atoms with Gasteiger partial charge in [-0.3, -0.25) is 0 Å². The van der Waals surface area contributed by atoms with E-state index in [0.29, 0.717) is 38.1 Å². The van der Waals surface area contributed by atoms with Gasteiger partial charge in [-0.2, -0.15) is 0 Å². The molecule has 0 amide bonds. The maximum absolute atomic E-state index is 11.9. The molecule has 17 heavy (non-hydrogen) atoms. The van der Waals surface area contributed by atoms with Crippen molar-refractivity contribution in [2.75, 3.05) is 6.61 Å². The summed E-state index contributed by atoms with van der Waals surface area (Å²) in [6, 6.07) is 0. The molecule has 0 fully saturated rings. The number of carbonyl (C=O) groups is 1. The van der Waals surface area contributed by atoms with Crippen LogP contribution in [0.4, 0.5) is 0 Å². The molecule has 0 radical (unpaired) electrons. The van der Waals surface area contributed by atoms with Crippen LogP contribution in [0, 0.1) is 0 Å². The Morgan fingerprint density at radius 3 is 3.00 bits per heavy atom. The highest BCUT2D eigenvalue weighted by Crippen LogP contribution is 2.21. The summed E-state index contributed by atoms with van der Waals surface area (Å²) in [5, 5.41) is 9.67. The summed E-state index contributed by atoms with van der Waals surface area (Å²) in [5.41, 5.74) is 1.29. The standard InChI is InChI=1S/C12H18N2O3/c1-3-9-11(12(16)17-4-2)14-7-8(15)5-6-10(14)13-9/h8,15H,3-7H2,1-2H3/t8-/m1/s1. The first-order valence-corrected chi connectivity index (χ1v) is 6.10. The van der Waals surface area contributed by atoms with Crippen LogP contribution in [0.15, 0.2) is 0 Å². The van der Waals surface area contributed by atoms with Gasteiger partial charge in [0.1, 0.15) is 5.82 Å². The molecule has 0 bridgehead atoms. The van der Waals surface area contributed by atoms with Gasteiger partial charge in [0, 0.05) is 6.42 Å². The minimum Gasteiger partial charge on any atom is -0.461 e. The first kappa shape index (κ1) is 12.1. The molecule has 5 heteroatoms. The third kappa shape index (κ3) is 2.20. The van der Waals surface area contributed by atoms with Crippen LogP contribution in [-0.2, 0) is 24.1 Å². The van der Waals surface area contributed by atoms with Crippen molar-refractivity contribution in [1.29, 1.82) is 0 Å². The van der Waals surface area contributed by atoms with E-state index in [1.807, 2.05) is 11.5 Å². The molecular weight excluding hydrogens is 220 g/mol. The number of hydrogen-bond donors (Lipinski definition) is 1. The van der Waals surface area contributed by atoms with E-state index < -0.39 is 6.10 Å². The molecule has 0 unspecified atom stereocenters. The van der Waals surface area contributed by atoms with Crippen LogP contribution in [-0.4, -0.2) is 33.3 Å². The van der Waals surface area contributed by atoms with Crippen molar-refractivity contribution < 1.29 is 14.6 Å². The van der Waals surface area contributed by atoms with Gasteiger partial charge in [0.05, 0.1) is 24.9 Å². The van der Waals surface area contributed by atoms with E-state index in [0.717, 1.165) is 11.5 Å². The molecule has 1 aromatic heterocycles. The molecule has 1 atom stereocenters. The summed E-state index contributed by atoms with van der Waals surface area (Å²) in [6.07, 6.45) is 1.73. The third-order valence-electron chi connectivity index (χ3n) is 3.02. The molecule has 94 valence electrons. The van der Waals surface area contributed by atoms with E-state index in [9.17, 15) is 9.90 Å². The number of ether oxygens (including phenoxy) is 1. The lowest BCUT2D eigenvalue weighted by Crippen LogP contribution is -2.27. The average molecular weight is 238 g/mol. The SMILES string of the molecule is CCOC(=O)c1c(CC)nc2n1C[C@H](O)CC2. The summed E-state index contributed by atoms with van der Waals surface area (Å²) in [6.45, 7) is 4.54. The van der Waals surface area contributed by atoms with E-state index in [1.54, 1.807) is 6.92 Å². The lowest BCUT2D eigenvalue weighted by Gasteiger charge is -2.20. The highest BCUT2D eigenvalue weighted by Gasteiger charge is 2.27. The van der Waals surface area contributed by atoms with Crippen LogP contribution >= 0.6 is 0 Å². The zero-order valence-corrected chi connectivity index (χ0v) is 10.3. The second kappa shape index (κ2) is 4.87. The number of carbonyl (C=O) groups excluding carboxylic acids is 1. The van der Waals surface area contributed by atoms with E-state index >= 15 is 0 Å². The van der Waals surface area contributed by atoms with Gasteiger partial charge in [0.2, 0.25) is 0 Å². The van der Waals surface area contributed by atoms with E-state index in [-0.39, 0.29) is 5.97 Å². The van der Waals surface area contributed by atoms with Crippen molar-refractivity contribution in [3.8, 4) is 0 Å². The van der Waals surface area contributed by atoms with Crippen molar-refractivity contribution >= 4 is 5.97 Å². The van der Waals surface area contributed by atoms with Crippen LogP contribution in [0.3, 0.4) is 0 Å². The molecule has 2 heterocycles. The van der Waals surface area contributed by atoms with Crippen LogP contribution in [0.2, 0.25) is 0 Å². The molecule has 0 saturated carbocycles. The molecule has 1 aliphatic rings. The molecule has 1 aliphatic heterocycles. The second-order valence-electron chi connectivity index (χ2n) is 4.20. The molecule has 1 aromatic rings. The van der Waals surface area contributed by atoms with Gasteiger partial charge in [-0.1, -0.05) is 6.92 Å². The predicted molar refractivity (Wildman–Crippen MR) is 61.9 cm³/mol. The zero-order valence-electron chi connectivity index (χ0n) is 10.3. The van der Waals surface area contributed by atoms with Crippen molar-refractivity contribution in [3.63, 3.8) is 0 Å². The highest BCUT2D eigenvalue weighted by molar-refractivity contribution is 5.89. The Balaban J connectivity index is 2.41. The van der Waals surface area contributed by atoms with E-state index in [4.69, 9.17) is 4.74 Å². The first-order valence-electron chi connectivity index (χ1n) is 6.10. The van der Waals surface area contributed by atoms with Gasteiger partial charge in [-0.15, -0.1) is 0 Å². The second-order valence-corrected chi connectivity index (χ2v) is 4.20. The monoisotopic (exact) mass is 238 g/mol. The Morgan fingerprint density at radius 2 is 2.35 bits per heavy atom. The summed E-state index contributed by atoms with van der Waals surface area (Å²) < 4.78 is 6.86. The Labute approximate surface area is 100 Å². The lowest BCUT2D eigenvalue weighted by atomic mass is 10.1. The minimum atomic E-state index is -0.394. The Hall–Kier alpha value is -1.36. The van der Waals surface area contributed by atoms with Gasteiger partial charge < -0.3 is 14.4 Å². The number of rotatable bonds is 3. The Bertz CT molecular complexity index is 426. The average Bonchev–Trinajstić information content (AvgIpc) is 2.66. The first-order chi connectivity index (χ1) is 8.17. The molecule has 0 aliphatic carbocycles. The maximum atomic E-state index is 11.9. The van der Waals surface area contributed by atoms with Crippen molar-refractivity contribution in [1.82, 2.24) is 9.55 Å². The predicted octanol–water partition coefficient (Wildman–Crippen LogP) is 0.929. The molecule has 2 rings (SSSR count). The fourth-order valence-corrected chi connectivity index (χ4v) is 2.21. The van der Waals surface area contributed by atoms with Crippen LogP contribution in [0.1, 0.15) is 42.3 Å². The van der Waals surface area contributed by atoms with Gasteiger partial charge in [0.25, 0.3) is 0 Å². The topological polar surface area (TPSA) is 64.3 Å². The van der Waals surface area contributed by atoms with Crippen molar-refractivity contribution in [2.24, 2.45) is 0 Å². The van der Waals surface area contributed by atoms with E-state index in [1.165, 1.54) is 0 Å². The number of hydrogen-bond acceptors (Lipinski definition) is 4. The summed E-state index contributed by atoms with van der Waals surface area (Å²) in [4.78, 5) is 16.4. The smallest absolute Gasteiger partial charge is 0.356 e. The van der Waals surface area contributed by atoms with Crippen LogP contribution in [0.5, 0.6) is 0 Å². The highest BCUT2D eigenvalue weighted by atomic mass is 16.5.